The Morgan fingerprint density at radius 1 is 0.935 bits per heavy atom. The van der Waals surface area contributed by atoms with Gasteiger partial charge in [-0.25, -0.2) is 8.42 Å². The van der Waals surface area contributed by atoms with E-state index < -0.39 is 10.0 Å². The van der Waals surface area contributed by atoms with Crippen LogP contribution in [0.2, 0.25) is 0 Å². The fraction of sp³-hybridized carbons (Fsp3) is 0.417. The summed E-state index contributed by atoms with van der Waals surface area (Å²) < 4.78 is 34.1. The highest BCUT2D eigenvalue weighted by molar-refractivity contribution is 7.89. The van der Waals surface area contributed by atoms with Crippen molar-refractivity contribution in [3.05, 3.63) is 64.0 Å². The Morgan fingerprint density at radius 2 is 1.55 bits per heavy atom. The van der Waals surface area contributed by atoms with Crippen molar-refractivity contribution in [3.8, 4) is 11.5 Å². The van der Waals surface area contributed by atoms with Crippen LogP contribution in [0, 0.1) is 34.6 Å². The zero-order chi connectivity index (χ0) is 22.3. The third kappa shape index (κ3) is 3.92. The van der Waals surface area contributed by atoms with E-state index in [1.54, 1.807) is 4.31 Å². The molecule has 1 fully saturated rings. The van der Waals surface area contributed by atoms with Gasteiger partial charge in [-0.15, -0.1) is 0 Å². The van der Waals surface area contributed by atoms with Gasteiger partial charge in [-0.2, -0.15) is 9.29 Å². The summed E-state index contributed by atoms with van der Waals surface area (Å²) in [6.07, 6.45) is 1.35. The number of aromatic nitrogens is 2. The van der Waals surface area contributed by atoms with E-state index in [4.69, 9.17) is 4.52 Å². The summed E-state index contributed by atoms with van der Waals surface area (Å²) in [6.45, 7) is 10.6. The van der Waals surface area contributed by atoms with Crippen molar-refractivity contribution in [1.29, 1.82) is 0 Å². The minimum absolute atomic E-state index is 0.0920. The number of hydrogen-bond donors (Lipinski definition) is 0. The van der Waals surface area contributed by atoms with Gasteiger partial charge in [0.25, 0.3) is 5.89 Å². The lowest BCUT2D eigenvalue weighted by atomic mass is 9.97. The third-order valence-electron chi connectivity index (χ3n) is 6.53. The molecule has 0 atom stereocenters. The van der Waals surface area contributed by atoms with E-state index in [1.165, 1.54) is 0 Å². The molecule has 0 amide bonds. The average Bonchev–Trinajstić information content (AvgIpc) is 3.23. The highest BCUT2D eigenvalue weighted by Gasteiger charge is 2.34. The highest BCUT2D eigenvalue weighted by Crippen LogP contribution is 2.34. The van der Waals surface area contributed by atoms with Crippen LogP contribution in [0.15, 0.2) is 39.8 Å². The fourth-order valence-corrected chi connectivity index (χ4v) is 6.42. The number of aryl methyl sites for hydroxylation is 3. The van der Waals surface area contributed by atoms with Gasteiger partial charge in [-0.3, -0.25) is 0 Å². The second kappa shape index (κ2) is 8.20. The Morgan fingerprint density at radius 3 is 2.16 bits per heavy atom. The summed E-state index contributed by atoms with van der Waals surface area (Å²) in [5.41, 5.74) is 5.71. The molecule has 2 heterocycles. The van der Waals surface area contributed by atoms with Crippen LogP contribution in [0.4, 0.5) is 0 Å². The molecule has 0 spiro atoms. The smallest absolute Gasteiger partial charge is 0.258 e. The fourth-order valence-electron chi connectivity index (χ4n) is 4.37. The summed E-state index contributed by atoms with van der Waals surface area (Å²) in [6, 6.07) is 9.96. The molecule has 1 aliphatic rings. The van der Waals surface area contributed by atoms with Crippen molar-refractivity contribution >= 4 is 10.0 Å². The Bertz CT molecular complexity index is 1200. The molecule has 31 heavy (non-hydrogen) atoms. The molecule has 2 aromatic carbocycles. The summed E-state index contributed by atoms with van der Waals surface area (Å²) in [5.74, 6) is 1.27. The molecule has 6 nitrogen and oxygen atoms in total. The molecule has 0 saturated carbocycles. The van der Waals surface area contributed by atoms with E-state index in [-0.39, 0.29) is 5.92 Å². The topological polar surface area (TPSA) is 76.3 Å². The minimum atomic E-state index is -3.55. The number of nitrogens with zero attached hydrogens (tertiary/aromatic N) is 3. The maximum Gasteiger partial charge on any atom is 0.258 e. The molecular weight excluding hydrogens is 410 g/mol. The summed E-state index contributed by atoms with van der Waals surface area (Å²) in [5, 5.41) is 4.20. The van der Waals surface area contributed by atoms with Gasteiger partial charge in [0.05, 0.1) is 4.90 Å². The molecular formula is C24H29N3O3S. The highest BCUT2D eigenvalue weighted by atomic mass is 32.2. The molecule has 1 saturated heterocycles. The molecule has 7 heteroatoms. The summed E-state index contributed by atoms with van der Waals surface area (Å²) in [4.78, 5) is 5.08. The lowest BCUT2D eigenvalue weighted by Gasteiger charge is -2.31. The van der Waals surface area contributed by atoms with E-state index in [0.717, 1.165) is 33.4 Å². The van der Waals surface area contributed by atoms with Gasteiger partial charge >= 0.3 is 0 Å². The monoisotopic (exact) mass is 439 g/mol. The number of hydrogen-bond acceptors (Lipinski definition) is 5. The Balaban J connectivity index is 1.53. The lowest BCUT2D eigenvalue weighted by molar-refractivity contribution is 0.307. The first-order valence-corrected chi connectivity index (χ1v) is 12.1. The van der Waals surface area contributed by atoms with Crippen LogP contribution in [-0.2, 0) is 10.0 Å². The zero-order valence-corrected chi connectivity index (χ0v) is 19.6. The molecule has 164 valence electrons. The number of rotatable bonds is 4. The largest absolute Gasteiger partial charge is 0.334 e. The van der Waals surface area contributed by atoms with Crippen LogP contribution in [0.3, 0.4) is 0 Å². The van der Waals surface area contributed by atoms with Crippen LogP contribution < -0.4 is 0 Å². The van der Waals surface area contributed by atoms with Crippen molar-refractivity contribution in [2.45, 2.75) is 58.3 Å². The molecule has 4 rings (SSSR count). The Labute approximate surface area is 184 Å². The predicted molar refractivity (Wildman–Crippen MR) is 121 cm³/mol. The zero-order valence-electron chi connectivity index (χ0n) is 18.8. The number of sulfonamides is 1. The van der Waals surface area contributed by atoms with Crippen LogP contribution in [-0.4, -0.2) is 36.0 Å². The maximum absolute atomic E-state index is 13.5. The van der Waals surface area contributed by atoms with Crippen LogP contribution in [0.25, 0.3) is 11.5 Å². The maximum atomic E-state index is 13.5. The van der Waals surface area contributed by atoms with Gasteiger partial charge in [0.2, 0.25) is 10.0 Å². The van der Waals surface area contributed by atoms with E-state index in [9.17, 15) is 8.42 Å². The molecule has 1 aliphatic heterocycles. The molecule has 0 N–H and O–H groups in total. The summed E-state index contributed by atoms with van der Waals surface area (Å²) in [7, 11) is -3.55. The van der Waals surface area contributed by atoms with Crippen LogP contribution >= 0.6 is 0 Å². The Hall–Kier alpha value is -2.51. The van der Waals surface area contributed by atoms with Gasteiger partial charge in [-0.1, -0.05) is 29.4 Å². The standard InChI is InChI=1S/C24H29N3O3S/c1-15-8-6-7-9-21(15)24-25-23(26-30-24)20-10-12-27(13-11-20)31(28,29)22-18(4)16(2)14-17(3)19(22)5/h6-9,14,20H,10-13H2,1-5H3. The van der Waals surface area contributed by atoms with E-state index in [0.29, 0.717) is 42.5 Å². The second-order valence-electron chi connectivity index (χ2n) is 8.54. The normalized spacial score (nSPS) is 16.0. The third-order valence-corrected chi connectivity index (χ3v) is 8.70. The van der Waals surface area contributed by atoms with Crippen LogP contribution in [0.1, 0.15) is 52.4 Å². The minimum Gasteiger partial charge on any atom is -0.334 e. The molecule has 3 aromatic rings. The quantitative estimate of drug-likeness (QED) is 0.581. The van der Waals surface area contributed by atoms with Crippen molar-refractivity contribution in [2.24, 2.45) is 0 Å². The molecule has 0 unspecified atom stereocenters. The Kier molecular flexibility index (Phi) is 5.75. The number of benzene rings is 2. The van der Waals surface area contributed by atoms with Gasteiger partial charge in [0.1, 0.15) is 0 Å². The van der Waals surface area contributed by atoms with Crippen molar-refractivity contribution < 1.29 is 12.9 Å². The molecule has 0 aliphatic carbocycles. The first-order chi connectivity index (χ1) is 14.7. The SMILES string of the molecule is Cc1ccccc1-c1nc(C2CCN(S(=O)(=O)c3c(C)c(C)cc(C)c3C)CC2)no1. The van der Waals surface area contributed by atoms with Crippen molar-refractivity contribution in [3.63, 3.8) is 0 Å². The molecule has 0 radical (unpaired) electrons. The molecule has 0 bridgehead atoms. The number of piperidine rings is 1. The van der Waals surface area contributed by atoms with Crippen LogP contribution in [0.5, 0.6) is 0 Å². The average molecular weight is 440 g/mol. The molecule has 1 aromatic heterocycles. The lowest BCUT2D eigenvalue weighted by Crippen LogP contribution is -2.38. The first-order valence-electron chi connectivity index (χ1n) is 10.7. The van der Waals surface area contributed by atoms with Gasteiger partial charge in [-0.05, 0) is 81.3 Å². The van der Waals surface area contributed by atoms with Gasteiger partial charge < -0.3 is 4.52 Å². The van der Waals surface area contributed by atoms with Gasteiger partial charge in [0.15, 0.2) is 5.82 Å². The predicted octanol–water partition coefficient (Wildman–Crippen LogP) is 4.85. The van der Waals surface area contributed by atoms with E-state index in [2.05, 4.69) is 16.2 Å². The summed E-state index contributed by atoms with van der Waals surface area (Å²) >= 11 is 0. The van der Waals surface area contributed by atoms with E-state index >= 15 is 0 Å². The first kappa shape index (κ1) is 21.7. The van der Waals surface area contributed by atoms with Crippen molar-refractivity contribution in [1.82, 2.24) is 14.4 Å². The van der Waals surface area contributed by atoms with Gasteiger partial charge in [0, 0.05) is 24.6 Å². The second-order valence-corrected chi connectivity index (χ2v) is 10.4. The van der Waals surface area contributed by atoms with E-state index in [1.807, 2.05) is 58.9 Å². The van der Waals surface area contributed by atoms with Crippen molar-refractivity contribution in [2.75, 3.05) is 13.1 Å².